The summed E-state index contributed by atoms with van der Waals surface area (Å²) in [4.78, 5) is 21.8. The van der Waals surface area contributed by atoms with Crippen LogP contribution in [0.15, 0.2) is 59.0 Å². The number of hydrogen-bond donors (Lipinski definition) is 0. The van der Waals surface area contributed by atoms with Crippen LogP contribution >= 0.6 is 11.3 Å². The number of nitrogens with zero attached hydrogens (tertiary/aromatic N) is 3. The largest absolute Gasteiger partial charge is 0.497 e. The summed E-state index contributed by atoms with van der Waals surface area (Å²) in [6.07, 6.45) is 1.60. The van der Waals surface area contributed by atoms with Crippen molar-refractivity contribution in [3.05, 3.63) is 75.8 Å². The van der Waals surface area contributed by atoms with E-state index < -0.39 is 0 Å². The second kappa shape index (κ2) is 6.72. The Labute approximate surface area is 154 Å². The Bertz CT molecular complexity index is 1150. The Balaban J connectivity index is 1.66. The van der Waals surface area contributed by atoms with Gasteiger partial charge in [-0.3, -0.25) is 9.36 Å². The molecule has 5 nitrogen and oxygen atoms in total. The third-order valence-electron chi connectivity index (χ3n) is 4.26. The molecule has 0 fully saturated rings. The summed E-state index contributed by atoms with van der Waals surface area (Å²) >= 11 is 1.55. The number of thiazole rings is 1. The van der Waals surface area contributed by atoms with Crippen molar-refractivity contribution < 1.29 is 4.74 Å². The van der Waals surface area contributed by atoms with Gasteiger partial charge in [0.2, 0.25) is 0 Å². The monoisotopic (exact) mass is 363 g/mol. The molecule has 130 valence electrons. The molecule has 0 bridgehead atoms. The van der Waals surface area contributed by atoms with Crippen LogP contribution in [0.4, 0.5) is 0 Å². The first-order chi connectivity index (χ1) is 12.7. The first-order valence-electron chi connectivity index (χ1n) is 8.19. The third-order valence-corrected chi connectivity index (χ3v) is 5.20. The van der Waals surface area contributed by atoms with Crippen molar-refractivity contribution in [2.24, 2.45) is 0 Å². The Morgan fingerprint density at radius 1 is 1.19 bits per heavy atom. The van der Waals surface area contributed by atoms with E-state index in [4.69, 9.17) is 4.74 Å². The van der Waals surface area contributed by atoms with Crippen molar-refractivity contribution in [1.82, 2.24) is 14.5 Å². The number of para-hydroxylation sites is 1. The van der Waals surface area contributed by atoms with E-state index in [1.165, 1.54) is 0 Å². The first-order valence-corrected chi connectivity index (χ1v) is 9.07. The van der Waals surface area contributed by atoms with Crippen LogP contribution in [0, 0.1) is 6.92 Å². The molecule has 2 aromatic carbocycles. The minimum absolute atomic E-state index is 0.0466. The van der Waals surface area contributed by atoms with E-state index in [0.29, 0.717) is 11.9 Å². The topological polar surface area (TPSA) is 57.0 Å². The van der Waals surface area contributed by atoms with Gasteiger partial charge in [-0.15, -0.1) is 11.3 Å². The van der Waals surface area contributed by atoms with E-state index >= 15 is 0 Å². The lowest BCUT2D eigenvalue weighted by molar-refractivity contribution is 0.415. The van der Waals surface area contributed by atoms with Gasteiger partial charge in [0.25, 0.3) is 5.56 Å². The van der Waals surface area contributed by atoms with E-state index in [1.807, 2.05) is 54.8 Å². The zero-order valence-electron chi connectivity index (χ0n) is 14.5. The van der Waals surface area contributed by atoms with Gasteiger partial charge in [-0.1, -0.05) is 24.3 Å². The summed E-state index contributed by atoms with van der Waals surface area (Å²) in [5.41, 5.74) is 3.54. The van der Waals surface area contributed by atoms with E-state index in [2.05, 4.69) is 9.97 Å². The number of methoxy groups -OCH3 is 1. The highest BCUT2D eigenvalue weighted by Crippen LogP contribution is 2.27. The lowest BCUT2D eigenvalue weighted by Crippen LogP contribution is -2.21. The zero-order valence-corrected chi connectivity index (χ0v) is 15.3. The minimum atomic E-state index is -0.0466. The number of rotatable bonds is 4. The molecule has 0 amide bonds. The maximum Gasteiger partial charge on any atom is 0.261 e. The number of aryl methyl sites for hydroxylation is 1. The molecule has 0 aliphatic rings. The summed E-state index contributed by atoms with van der Waals surface area (Å²) in [6, 6.07) is 13.5. The molecule has 6 heteroatoms. The fraction of sp³-hybridized carbons (Fsp3) is 0.150. The summed E-state index contributed by atoms with van der Waals surface area (Å²) in [6.45, 7) is 2.36. The van der Waals surface area contributed by atoms with Crippen LogP contribution in [0.25, 0.3) is 21.5 Å². The summed E-state index contributed by atoms with van der Waals surface area (Å²) in [7, 11) is 1.65. The highest BCUT2D eigenvalue weighted by molar-refractivity contribution is 7.13. The van der Waals surface area contributed by atoms with Crippen molar-refractivity contribution in [2.45, 2.75) is 13.5 Å². The zero-order chi connectivity index (χ0) is 18.1. The Morgan fingerprint density at radius 3 is 2.88 bits per heavy atom. The number of aromatic nitrogens is 3. The first kappa shape index (κ1) is 16.5. The molecule has 0 spiro atoms. The molecule has 0 atom stereocenters. The molecular formula is C20H17N3O2S. The second-order valence-corrected chi connectivity index (χ2v) is 6.88. The molecule has 26 heavy (non-hydrogen) atoms. The Hall–Kier alpha value is -2.99. The molecule has 0 saturated carbocycles. The van der Waals surface area contributed by atoms with E-state index in [9.17, 15) is 4.79 Å². The maximum absolute atomic E-state index is 12.7. The molecule has 0 aliphatic carbocycles. The normalized spacial score (nSPS) is 11.0. The Kier molecular flexibility index (Phi) is 4.26. The predicted molar refractivity (Wildman–Crippen MR) is 104 cm³/mol. The second-order valence-electron chi connectivity index (χ2n) is 6.02. The molecule has 0 aliphatic heterocycles. The Morgan fingerprint density at radius 2 is 2.04 bits per heavy atom. The van der Waals surface area contributed by atoms with E-state index in [0.717, 1.165) is 33.1 Å². The van der Waals surface area contributed by atoms with Gasteiger partial charge >= 0.3 is 0 Å². The number of hydrogen-bond acceptors (Lipinski definition) is 5. The molecule has 4 aromatic rings. The molecule has 0 saturated heterocycles. The molecule has 0 radical (unpaired) electrons. The number of ether oxygens (including phenoxy) is 1. The van der Waals surface area contributed by atoms with E-state index in [-0.39, 0.29) is 5.56 Å². The van der Waals surface area contributed by atoms with Gasteiger partial charge in [-0.2, -0.15) is 0 Å². The van der Waals surface area contributed by atoms with Gasteiger partial charge < -0.3 is 4.74 Å². The van der Waals surface area contributed by atoms with Gasteiger partial charge in [-0.05, 0) is 30.7 Å². The van der Waals surface area contributed by atoms with Gasteiger partial charge in [0.05, 0.1) is 36.6 Å². The smallest absolute Gasteiger partial charge is 0.261 e. The number of benzene rings is 2. The van der Waals surface area contributed by atoms with Crippen LogP contribution < -0.4 is 10.3 Å². The van der Waals surface area contributed by atoms with Crippen molar-refractivity contribution in [1.29, 1.82) is 0 Å². The minimum Gasteiger partial charge on any atom is -0.497 e. The van der Waals surface area contributed by atoms with Crippen LogP contribution in [0.3, 0.4) is 0 Å². The molecule has 2 heterocycles. The molecule has 4 rings (SSSR count). The fourth-order valence-corrected chi connectivity index (χ4v) is 3.70. The van der Waals surface area contributed by atoms with Crippen molar-refractivity contribution in [3.63, 3.8) is 0 Å². The molecular weight excluding hydrogens is 346 g/mol. The van der Waals surface area contributed by atoms with Crippen molar-refractivity contribution in [3.8, 4) is 16.3 Å². The average Bonchev–Trinajstić information content (AvgIpc) is 3.13. The number of fused-ring (bicyclic) bond motifs is 1. The van der Waals surface area contributed by atoms with Gasteiger partial charge in [0, 0.05) is 10.9 Å². The quantitative estimate of drug-likeness (QED) is 0.552. The molecule has 0 N–H and O–H groups in total. The SMILES string of the molecule is COc1cccc(-c2nc(Cn3cnc4c(C)cccc4c3=O)cs2)c1. The molecule has 2 aromatic heterocycles. The van der Waals surface area contributed by atoms with Crippen LogP contribution in [-0.2, 0) is 6.54 Å². The lowest BCUT2D eigenvalue weighted by atomic mass is 10.1. The van der Waals surface area contributed by atoms with Crippen LogP contribution in [0.5, 0.6) is 5.75 Å². The standard InChI is InChI=1S/C20H17N3O2S/c1-13-5-3-8-17-18(13)21-12-23(20(17)24)10-15-11-26-19(22-15)14-6-4-7-16(9-14)25-2/h3-9,11-12H,10H2,1-2H3. The third kappa shape index (κ3) is 2.99. The maximum atomic E-state index is 12.7. The molecule has 0 unspecified atom stereocenters. The van der Waals surface area contributed by atoms with Gasteiger partial charge in [0.15, 0.2) is 0 Å². The van der Waals surface area contributed by atoms with Crippen LogP contribution in [0.2, 0.25) is 0 Å². The van der Waals surface area contributed by atoms with E-state index in [1.54, 1.807) is 29.3 Å². The van der Waals surface area contributed by atoms with Crippen LogP contribution in [-0.4, -0.2) is 21.6 Å². The van der Waals surface area contributed by atoms with Crippen molar-refractivity contribution >= 4 is 22.2 Å². The summed E-state index contributed by atoms with van der Waals surface area (Å²) < 4.78 is 6.87. The predicted octanol–water partition coefficient (Wildman–Crippen LogP) is 3.89. The highest BCUT2D eigenvalue weighted by Gasteiger charge is 2.10. The highest BCUT2D eigenvalue weighted by atomic mass is 32.1. The van der Waals surface area contributed by atoms with Crippen molar-refractivity contribution in [2.75, 3.05) is 7.11 Å². The van der Waals surface area contributed by atoms with Gasteiger partial charge in [0.1, 0.15) is 10.8 Å². The average molecular weight is 363 g/mol. The summed E-state index contributed by atoms with van der Waals surface area (Å²) in [5, 5.41) is 3.51. The summed E-state index contributed by atoms with van der Waals surface area (Å²) in [5.74, 6) is 0.796. The fourth-order valence-electron chi connectivity index (χ4n) is 2.89. The van der Waals surface area contributed by atoms with Crippen LogP contribution in [0.1, 0.15) is 11.3 Å². The van der Waals surface area contributed by atoms with Gasteiger partial charge in [-0.25, -0.2) is 9.97 Å². The lowest BCUT2D eigenvalue weighted by Gasteiger charge is -2.06.